The molecule has 1 atom stereocenters. The number of H-pyrrole nitrogens is 1. The van der Waals surface area contributed by atoms with Gasteiger partial charge in [-0.15, -0.1) is 0 Å². The number of aromatic amines is 1. The van der Waals surface area contributed by atoms with Crippen LogP contribution in [-0.2, 0) is 0 Å². The number of ether oxygens (including phenoxy) is 2. The van der Waals surface area contributed by atoms with E-state index < -0.39 is 6.23 Å². The fourth-order valence-corrected chi connectivity index (χ4v) is 3.45. The SMILES string of the molecule is COc1cc(C#N)cc(-c2n[nH]c3ccc(O[C@H](N)c4c(C)cnnc4C)cc23)c1. The number of methoxy groups -OCH3 is 1. The molecule has 2 heterocycles. The van der Waals surface area contributed by atoms with E-state index in [9.17, 15) is 5.26 Å². The van der Waals surface area contributed by atoms with Crippen LogP contribution in [0.4, 0.5) is 0 Å². The summed E-state index contributed by atoms with van der Waals surface area (Å²) >= 11 is 0. The largest absolute Gasteiger partial charge is 0.497 e. The van der Waals surface area contributed by atoms with Gasteiger partial charge in [-0.2, -0.15) is 20.6 Å². The summed E-state index contributed by atoms with van der Waals surface area (Å²) in [4.78, 5) is 0. The van der Waals surface area contributed by atoms with Crippen molar-refractivity contribution in [2.45, 2.75) is 20.1 Å². The Kier molecular flexibility index (Phi) is 5.04. The topological polar surface area (TPSA) is 123 Å². The molecule has 0 bridgehead atoms. The molecule has 150 valence electrons. The molecule has 4 aromatic rings. The quantitative estimate of drug-likeness (QED) is 0.491. The van der Waals surface area contributed by atoms with Crippen molar-refractivity contribution in [1.29, 1.82) is 5.26 Å². The molecule has 8 heteroatoms. The standard InChI is InChI=1S/C22H20N6O2/c1-12-11-25-26-13(2)20(12)22(24)30-16-4-5-19-18(9-16)21(28-27-19)15-6-14(10-23)7-17(8-15)29-3/h4-9,11,22H,24H2,1-3H3,(H,27,28)/t22-/m0/s1. The maximum atomic E-state index is 9.31. The molecular formula is C22H20N6O2. The highest BCUT2D eigenvalue weighted by Crippen LogP contribution is 2.33. The number of aromatic nitrogens is 4. The number of aryl methyl sites for hydroxylation is 2. The van der Waals surface area contributed by atoms with Crippen molar-refractivity contribution in [3.63, 3.8) is 0 Å². The molecule has 30 heavy (non-hydrogen) atoms. The number of nitriles is 1. The molecule has 0 saturated carbocycles. The minimum Gasteiger partial charge on any atom is -0.497 e. The molecule has 0 unspecified atom stereocenters. The first-order chi connectivity index (χ1) is 14.5. The predicted molar refractivity (Wildman–Crippen MR) is 112 cm³/mol. The first-order valence-electron chi connectivity index (χ1n) is 9.29. The second-order valence-electron chi connectivity index (χ2n) is 6.91. The first-order valence-corrected chi connectivity index (χ1v) is 9.29. The van der Waals surface area contributed by atoms with E-state index in [0.29, 0.717) is 22.8 Å². The van der Waals surface area contributed by atoms with Gasteiger partial charge < -0.3 is 9.47 Å². The van der Waals surface area contributed by atoms with Crippen LogP contribution in [0.5, 0.6) is 11.5 Å². The Hall–Kier alpha value is -3.96. The van der Waals surface area contributed by atoms with E-state index in [4.69, 9.17) is 15.2 Å². The Balaban J connectivity index is 1.73. The molecule has 0 aliphatic carbocycles. The number of nitrogens with one attached hydrogen (secondary N) is 1. The van der Waals surface area contributed by atoms with Gasteiger partial charge in [-0.3, -0.25) is 10.8 Å². The van der Waals surface area contributed by atoms with Gasteiger partial charge in [0, 0.05) is 16.5 Å². The second-order valence-corrected chi connectivity index (χ2v) is 6.91. The minimum atomic E-state index is -0.685. The minimum absolute atomic E-state index is 0.492. The van der Waals surface area contributed by atoms with E-state index in [1.807, 2.05) is 38.1 Å². The Morgan fingerprint density at radius 1 is 1.13 bits per heavy atom. The van der Waals surface area contributed by atoms with Gasteiger partial charge in [-0.25, -0.2) is 0 Å². The third kappa shape index (κ3) is 3.54. The summed E-state index contributed by atoms with van der Waals surface area (Å²) in [6.45, 7) is 3.78. The van der Waals surface area contributed by atoms with E-state index in [-0.39, 0.29) is 0 Å². The van der Waals surface area contributed by atoms with Crippen LogP contribution < -0.4 is 15.2 Å². The lowest BCUT2D eigenvalue weighted by atomic mass is 10.0. The van der Waals surface area contributed by atoms with Crippen molar-refractivity contribution in [3.8, 4) is 28.8 Å². The van der Waals surface area contributed by atoms with E-state index in [1.165, 1.54) is 0 Å². The zero-order chi connectivity index (χ0) is 21.3. The third-order valence-electron chi connectivity index (χ3n) is 4.90. The lowest BCUT2D eigenvalue weighted by Crippen LogP contribution is -2.20. The van der Waals surface area contributed by atoms with Gasteiger partial charge in [-0.05, 0) is 55.8 Å². The lowest BCUT2D eigenvalue weighted by Gasteiger charge is -2.18. The smallest absolute Gasteiger partial charge is 0.176 e. The van der Waals surface area contributed by atoms with Crippen LogP contribution in [0.25, 0.3) is 22.2 Å². The number of nitrogens with zero attached hydrogens (tertiary/aromatic N) is 4. The van der Waals surface area contributed by atoms with Crippen LogP contribution in [0.3, 0.4) is 0 Å². The summed E-state index contributed by atoms with van der Waals surface area (Å²) in [6, 6.07) is 13.0. The molecule has 0 spiro atoms. The van der Waals surface area contributed by atoms with Gasteiger partial charge in [0.25, 0.3) is 0 Å². The van der Waals surface area contributed by atoms with Gasteiger partial charge in [0.1, 0.15) is 17.2 Å². The van der Waals surface area contributed by atoms with Crippen molar-refractivity contribution in [2.24, 2.45) is 5.73 Å². The van der Waals surface area contributed by atoms with E-state index in [0.717, 1.165) is 33.3 Å². The predicted octanol–water partition coefficient (Wildman–Crippen LogP) is 3.55. The highest BCUT2D eigenvalue weighted by Gasteiger charge is 2.17. The van der Waals surface area contributed by atoms with Crippen molar-refractivity contribution >= 4 is 10.9 Å². The molecule has 4 rings (SSSR count). The Morgan fingerprint density at radius 2 is 1.97 bits per heavy atom. The van der Waals surface area contributed by atoms with E-state index in [1.54, 1.807) is 25.4 Å². The average Bonchev–Trinajstić information content (AvgIpc) is 3.16. The molecule has 0 fully saturated rings. The summed E-state index contributed by atoms with van der Waals surface area (Å²) < 4.78 is 11.3. The number of fused-ring (bicyclic) bond motifs is 1. The van der Waals surface area contributed by atoms with Crippen LogP contribution >= 0.6 is 0 Å². The van der Waals surface area contributed by atoms with E-state index >= 15 is 0 Å². The van der Waals surface area contributed by atoms with Crippen molar-refractivity contribution < 1.29 is 9.47 Å². The van der Waals surface area contributed by atoms with Gasteiger partial charge in [0.15, 0.2) is 6.23 Å². The van der Waals surface area contributed by atoms with Crippen LogP contribution in [0.2, 0.25) is 0 Å². The second kappa shape index (κ2) is 7.81. The normalized spacial score (nSPS) is 11.8. The molecule has 0 aliphatic rings. The summed E-state index contributed by atoms with van der Waals surface area (Å²) in [5, 5.41) is 25.6. The lowest BCUT2D eigenvalue weighted by molar-refractivity contribution is 0.212. The molecule has 3 N–H and O–H groups in total. The maximum absolute atomic E-state index is 9.31. The Bertz CT molecular complexity index is 1250. The molecular weight excluding hydrogens is 380 g/mol. The van der Waals surface area contributed by atoms with Gasteiger partial charge in [-0.1, -0.05) is 0 Å². The first kappa shape index (κ1) is 19.4. The van der Waals surface area contributed by atoms with Crippen molar-refractivity contribution in [3.05, 3.63) is 65.0 Å². The van der Waals surface area contributed by atoms with Gasteiger partial charge in [0.2, 0.25) is 0 Å². The fraction of sp³-hybridized carbons (Fsp3) is 0.182. The molecule has 0 amide bonds. The summed E-state index contributed by atoms with van der Waals surface area (Å²) in [5.41, 5.74) is 11.6. The fourth-order valence-electron chi connectivity index (χ4n) is 3.45. The van der Waals surface area contributed by atoms with Crippen LogP contribution in [0, 0.1) is 25.2 Å². The maximum Gasteiger partial charge on any atom is 0.176 e. The number of nitrogens with two attached hydrogens (primary N) is 1. The number of rotatable bonds is 5. The van der Waals surface area contributed by atoms with Crippen LogP contribution in [-0.4, -0.2) is 27.5 Å². The molecule has 2 aromatic carbocycles. The van der Waals surface area contributed by atoms with Crippen LogP contribution in [0.15, 0.2) is 42.6 Å². The zero-order valence-corrected chi connectivity index (χ0v) is 16.8. The highest BCUT2D eigenvalue weighted by atomic mass is 16.5. The van der Waals surface area contributed by atoms with Crippen molar-refractivity contribution in [2.75, 3.05) is 7.11 Å². The molecule has 0 aliphatic heterocycles. The van der Waals surface area contributed by atoms with Gasteiger partial charge >= 0.3 is 0 Å². The van der Waals surface area contributed by atoms with E-state index in [2.05, 4.69) is 26.5 Å². The molecule has 8 nitrogen and oxygen atoms in total. The van der Waals surface area contributed by atoms with Crippen molar-refractivity contribution in [1.82, 2.24) is 20.4 Å². The summed E-state index contributed by atoms with van der Waals surface area (Å²) in [6.07, 6.45) is 0.980. The van der Waals surface area contributed by atoms with Gasteiger partial charge in [0.05, 0.1) is 36.1 Å². The molecule has 2 aromatic heterocycles. The number of benzene rings is 2. The average molecular weight is 400 g/mol. The number of hydrogen-bond acceptors (Lipinski definition) is 7. The zero-order valence-electron chi connectivity index (χ0n) is 16.8. The monoisotopic (exact) mass is 400 g/mol. The van der Waals surface area contributed by atoms with Crippen LogP contribution in [0.1, 0.15) is 28.6 Å². The Labute approximate surface area is 173 Å². The molecule has 0 radical (unpaired) electrons. The number of hydrogen-bond donors (Lipinski definition) is 2. The molecule has 0 saturated heterocycles. The highest BCUT2D eigenvalue weighted by molar-refractivity contribution is 5.94. The Morgan fingerprint density at radius 3 is 2.70 bits per heavy atom. The third-order valence-corrected chi connectivity index (χ3v) is 4.90. The summed E-state index contributed by atoms with van der Waals surface area (Å²) in [5.74, 6) is 1.18. The summed E-state index contributed by atoms with van der Waals surface area (Å²) in [7, 11) is 1.56.